The number of hydrogen-bond acceptors (Lipinski definition) is 2. The molecule has 0 fully saturated rings. The van der Waals surface area contributed by atoms with E-state index in [4.69, 9.17) is 0 Å². The van der Waals surface area contributed by atoms with Gasteiger partial charge in [0.2, 0.25) is 0 Å². The first-order valence-electron chi connectivity index (χ1n) is 6.76. The van der Waals surface area contributed by atoms with Crippen molar-refractivity contribution in [1.29, 1.82) is 0 Å². The predicted molar refractivity (Wildman–Crippen MR) is 74.7 cm³/mol. The van der Waals surface area contributed by atoms with Crippen molar-refractivity contribution in [2.75, 3.05) is 25.0 Å². The van der Waals surface area contributed by atoms with Crippen LogP contribution in [-0.2, 0) is 10.3 Å². The summed E-state index contributed by atoms with van der Waals surface area (Å²) in [6.45, 7) is 8.12. The molecule has 1 atom stereocenters. The molecule has 1 aromatic carbocycles. The molecule has 0 N–H and O–H groups in total. The van der Waals surface area contributed by atoms with Crippen molar-refractivity contribution in [3.63, 3.8) is 0 Å². The maximum absolute atomic E-state index is 12.8. The van der Waals surface area contributed by atoms with Crippen LogP contribution >= 0.6 is 0 Å². The van der Waals surface area contributed by atoms with E-state index in [1.807, 2.05) is 25.2 Å². The van der Waals surface area contributed by atoms with Crippen LogP contribution in [0.5, 0.6) is 0 Å². The second-order valence-electron chi connectivity index (χ2n) is 4.77. The Labute approximate surface area is 109 Å². The van der Waals surface area contributed by atoms with E-state index >= 15 is 0 Å². The third-order valence-electron chi connectivity index (χ3n) is 4.18. The van der Waals surface area contributed by atoms with Gasteiger partial charge in [0.1, 0.15) is 5.54 Å². The Morgan fingerprint density at radius 2 is 1.78 bits per heavy atom. The normalized spacial score (nSPS) is 22.7. The van der Waals surface area contributed by atoms with Crippen molar-refractivity contribution in [2.24, 2.45) is 0 Å². The van der Waals surface area contributed by atoms with Gasteiger partial charge in [-0.2, -0.15) is 0 Å². The molecule has 98 valence electrons. The molecule has 0 aromatic heterocycles. The molecule has 0 bridgehead atoms. The quantitative estimate of drug-likeness (QED) is 0.815. The first kappa shape index (κ1) is 13.1. The second kappa shape index (κ2) is 4.73. The van der Waals surface area contributed by atoms with Crippen LogP contribution in [-0.4, -0.2) is 30.9 Å². The number of amides is 1. The molecule has 0 aliphatic carbocycles. The van der Waals surface area contributed by atoms with Crippen LogP contribution in [0, 0.1) is 0 Å². The largest absolute Gasteiger partial charge is 0.313 e. The minimum Gasteiger partial charge on any atom is -0.313 e. The predicted octanol–water partition coefficient (Wildman–Crippen LogP) is 2.61. The van der Waals surface area contributed by atoms with Gasteiger partial charge in [-0.1, -0.05) is 39.0 Å². The van der Waals surface area contributed by atoms with Gasteiger partial charge in [-0.15, -0.1) is 0 Å². The van der Waals surface area contributed by atoms with Crippen molar-refractivity contribution in [1.82, 2.24) is 4.90 Å². The zero-order valence-corrected chi connectivity index (χ0v) is 11.7. The van der Waals surface area contributed by atoms with Gasteiger partial charge >= 0.3 is 0 Å². The molecule has 0 saturated heterocycles. The van der Waals surface area contributed by atoms with Crippen molar-refractivity contribution in [2.45, 2.75) is 32.7 Å². The van der Waals surface area contributed by atoms with Gasteiger partial charge in [-0.25, -0.2) is 0 Å². The Morgan fingerprint density at radius 1 is 1.17 bits per heavy atom. The number of carbonyl (C=O) groups excluding carboxylic acids is 1. The SMILES string of the molecule is CCN(CC)C1(CC)C(=O)N(C)c2ccccc21. The highest BCUT2D eigenvalue weighted by atomic mass is 16.2. The minimum absolute atomic E-state index is 0.204. The summed E-state index contributed by atoms with van der Waals surface area (Å²) in [5.41, 5.74) is 1.74. The number of rotatable bonds is 4. The highest BCUT2D eigenvalue weighted by molar-refractivity contribution is 6.07. The Kier molecular flexibility index (Phi) is 3.44. The van der Waals surface area contributed by atoms with E-state index in [1.54, 1.807) is 4.90 Å². The fraction of sp³-hybridized carbons (Fsp3) is 0.533. The summed E-state index contributed by atoms with van der Waals surface area (Å²) in [5.74, 6) is 0.204. The van der Waals surface area contributed by atoms with Crippen molar-refractivity contribution in [3.05, 3.63) is 29.8 Å². The molecule has 1 aromatic rings. The van der Waals surface area contributed by atoms with E-state index in [0.29, 0.717) is 0 Å². The number of likely N-dealkylation sites (N-methyl/N-ethyl adjacent to an activating group) is 2. The van der Waals surface area contributed by atoms with Crippen LogP contribution in [0.3, 0.4) is 0 Å². The standard InChI is InChI=1S/C15H22N2O/c1-5-15(17(6-2)7-3)12-10-8-9-11-13(12)16(4)14(15)18/h8-11H,5-7H2,1-4H3. The molecule has 0 saturated carbocycles. The molecule has 1 heterocycles. The molecule has 18 heavy (non-hydrogen) atoms. The zero-order valence-electron chi connectivity index (χ0n) is 11.7. The summed E-state index contributed by atoms with van der Waals surface area (Å²) in [6, 6.07) is 8.16. The lowest BCUT2D eigenvalue weighted by Crippen LogP contribution is -2.52. The molecule has 1 aliphatic rings. The number of benzene rings is 1. The molecular weight excluding hydrogens is 224 g/mol. The summed E-state index contributed by atoms with van der Waals surface area (Å²) < 4.78 is 0. The van der Waals surface area contributed by atoms with Crippen molar-refractivity contribution >= 4 is 11.6 Å². The van der Waals surface area contributed by atoms with Crippen molar-refractivity contribution < 1.29 is 4.79 Å². The maximum Gasteiger partial charge on any atom is 0.251 e. The lowest BCUT2D eigenvalue weighted by atomic mass is 9.86. The third kappa shape index (κ3) is 1.50. The van der Waals surface area contributed by atoms with Gasteiger partial charge in [0.05, 0.1) is 0 Å². The van der Waals surface area contributed by atoms with E-state index in [0.717, 1.165) is 30.8 Å². The molecule has 1 aliphatic heterocycles. The van der Waals surface area contributed by atoms with Crippen LogP contribution in [0.25, 0.3) is 0 Å². The summed E-state index contributed by atoms with van der Waals surface area (Å²) >= 11 is 0. The van der Waals surface area contributed by atoms with Gasteiger partial charge in [0.25, 0.3) is 5.91 Å². The molecule has 0 radical (unpaired) electrons. The van der Waals surface area contributed by atoms with Gasteiger partial charge in [0.15, 0.2) is 0 Å². The number of para-hydroxylation sites is 1. The van der Waals surface area contributed by atoms with Crippen LogP contribution in [0.4, 0.5) is 5.69 Å². The van der Waals surface area contributed by atoms with Gasteiger partial charge in [-0.05, 0) is 25.6 Å². The summed E-state index contributed by atoms with van der Waals surface area (Å²) in [6.07, 6.45) is 0.814. The van der Waals surface area contributed by atoms with Crippen LogP contribution in [0.2, 0.25) is 0 Å². The monoisotopic (exact) mass is 246 g/mol. The Morgan fingerprint density at radius 3 is 2.33 bits per heavy atom. The highest BCUT2D eigenvalue weighted by Crippen LogP contribution is 2.45. The van der Waals surface area contributed by atoms with Crippen LogP contribution in [0.1, 0.15) is 32.8 Å². The van der Waals surface area contributed by atoms with Gasteiger partial charge in [0, 0.05) is 18.3 Å². The highest BCUT2D eigenvalue weighted by Gasteiger charge is 2.51. The van der Waals surface area contributed by atoms with Gasteiger partial charge < -0.3 is 4.90 Å². The number of anilines is 1. The average molecular weight is 246 g/mol. The number of nitrogens with zero attached hydrogens (tertiary/aromatic N) is 2. The van der Waals surface area contributed by atoms with Crippen LogP contribution < -0.4 is 4.90 Å². The molecule has 2 rings (SSSR count). The minimum atomic E-state index is -0.463. The summed E-state index contributed by atoms with van der Waals surface area (Å²) in [5, 5.41) is 0. The molecule has 3 nitrogen and oxygen atoms in total. The van der Waals surface area contributed by atoms with E-state index in [1.165, 1.54) is 0 Å². The van der Waals surface area contributed by atoms with Crippen LogP contribution in [0.15, 0.2) is 24.3 Å². The first-order valence-corrected chi connectivity index (χ1v) is 6.76. The lowest BCUT2D eigenvalue weighted by Gasteiger charge is -2.38. The zero-order chi connectivity index (χ0) is 13.3. The number of hydrogen-bond donors (Lipinski definition) is 0. The maximum atomic E-state index is 12.8. The molecule has 1 amide bonds. The van der Waals surface area contributed by atoms with E-state index in [-0.39, 0.29) is 5.91 Å². The molecule has 0 spiro atoms. The fourth-order valence-electron chi connectivity index (χ4n) is 3.25. The first-order chi connectivity index (χ1) is 8.63. The number of fused-ring (bicyclic) bond motifs is 1. The smallest absolute Gasteiger partial charge is 0.251 e. The molecular formula is C15H22N2O. The Bertz CT molecular complexity index is 454. The summed E-state index contributed by atoms with van der Waals surface area (Å²) in [4.78, 5) is 16.8. The van der Waals surface area contributed by atoms with E-state index in [2.05, 4.69) is 31.7 Å². The third-order valence-corrected chi connectivity index (χ3v) is 4.18. The van der Waals surface area contributed by atoms with E-state index in [9.17, 15) is 4.79 Å². The molecule has 3 heteroatoms. The van der Waals surface area contributed by atoms with Gasteiger partial charge in [-0.3, -0.25) is 9.69 Å². The number of carbonyl (C=O) groups is 1. The second-order valence-corrected chi connectivity index (χ2v) is 4.77. The average Bonchev–Trinajstić information content (AvgIpc) is 2.63. The van der Waals surface area contributed by atoms with E-state index < -0.39 is 5.54 Å². The topological polar surface area (TPSA) is 23.6 Å². The Balaban J connectivity index is 2.64. The lowest BCUT2D eigenvalue weighted by molar-refractivity contribution is -0.130. The fourth-order valence-corrected chi connectivity index (χ4v) is 3.25. The van der Waals surface area contributed by atoms with Crippen molar-refractivity contribution in [3.8, 4) is 0 Å². The summed E-state index contributed by atoms with van der Waals surface area (Å²) in [7, 11) is 1.88. The molecule has 1 unspecified atom stereocenters. The Hall–Kier alpha value is -1.35.